The maximum atomic E-state index is 12.5. The Balaban J connectivity index is 1.87. The molecule has 134 valence electrons. The van der Waals surface area contributed by atoms with Crippen LogP contribution >= 0.6 is 0 Å². The highest BCUT2D eigenvalue weighted by Crippen LogP contribution is 2.20. The Morgan fingerprint density at radius 3 is 2.58 bits per heavy atom. The van der Waals surface area contributed by atoms with Crippen molar-refractivity contribution in [2.45, 2.75) is 32.1 Å². The Hall–Kier alpha value is -1.76. The Bertz CT molecular complexity index is 554. The Kier molecular flexibility index (Phi) is 6.10. The predicted octanol–water partition coefficient (Wildman–Crippen LogP) is 2.64. The number of nitrogens with one attached hydrogen (secondary N) is 1. The monoisotopic (exact) mass is 342 g/mol. The van der Waals surface area contributed by atoms with Crippen molar-refractivity contribution in [3.05, 3.63) is 35.4 Å². The van der Waals surface area contributed by atoms with E-state index in [1.807, 2.05) is 18.9 Å². The molecule has 1 unspecified atom stereocenters. The van der Waals surface area contributed by atoms with Crippen LogP contribution in [-0.2, 0) is 6.54 Å². The number of hydrogen-bond donors (Lipinski definition) is 1. The summed E-state index contributed by atoms with van der Waals surface area (Å²) in [6.07, 6.45) is -3.45. The number of alkyl halides is 3. The van der Waals surface area contributed by atoms with Crippen LogP contribution in [0.4, 0.5) is 13.2 Å². The van der Waals surface area contributed by atoms with E-state index in [4.69, 9.17) is 0 Å². The lowest BCUT2D eigenvalue weighted by molar-refractivity contribution is -0.143. The molecule has 1 heterocycles. The summed E-state index contributed by atoms with van der Waals surface area (Å²) in [5, 5.41) is 3.28. The summed E-state index contributed by atoms with van der Waals surface area (Å²) in [6, 6.07) is 8.25. The lowest BCUT2D eigenvalue weighted by atomic mass is 10.1. The molecule has 0 spiro atoms. The fraction of sp³-hybridized carbons (Fsp3) is 0.588. The van der Waals surface area contributed by atoms with Gasteiger partial charge in [-0.3, -0.25) is 9.89 Å². The third-order valence-corrected chi connectivity index (χ3v) is 4.12. The second-order valence-electron chi connectivity index (χ2n) is 6.37. The van der Waals surface area contributed by atoms with Gasteiger partial charge in [-0.25, -0.2) is 0 Å². The van der Waals surface area contributed by atoms with Gasteiger partial charge in [0.2, 0.25) is 0 Å². The van der Waals surface area contributed by atoms with Crippen LogP contribution in [-0.4, -0.2) is 61.7 Å². The van der Waals surface area contributed by atoms with Gasteiger partial charge in [0.05, 0.1) is 6.54 Å². The maximum absolute atomic E-state index is 12.5. The minimum absolute atomic E-state index is 0.00785. The normalized spacial score (nSPS) is 19.6. The molecule has 4 nitrogen and oxygen atoms in total. The Morgan fingerprint density at radius 2 is 2.00 bits per heavy atom. The quantitative estimate of drug-likeness (QED) is 0.674. The van der Waals surface area contributed by atoms with Gasteiger partial charge in [0.15, 0.2) is 5.96 Å². The van der Waals surface area contributed by atoms with Crippen LogP contribution in [0.3, 0.4) is 0 Å². The SMILES string of the molecule is CN=C(NC1CCN(CC(F)(F)F)C1)N(C)Cc1ccc(C)cc1. The first-order chi connectivity index (χ1) is 11.3. The molecule has 1 aromatic rings. The molecule has 0 saturated carbocycles. The highest BCUT2D eigenvalue weighted by atomic mass is 19.4. The zero-order chi connectivity index (χ0) is 17.7. The topological polar surface area (TPSA) is 30.9 Å². The van der Waals surface area contributed by atoms with Gasteiger partial charge in [-0.05, 0) is 18.9 Å². The van der Waals surface area contributed by atoms with Crippen molar-refractivity contribution in [1.29, 1.82) is 0 Å². The van der Waals surface area contributed by atoms with Crippen LogP contribution in [0, 0.1) is 6.92 Å². The number of aliphatic imine (C=N–C) groups is 1. The molecule has 1 saturated heterocycles. The summed E-state index contributed by atoms with van der Waals surface area (Å²) >= 11 is 0. The molecule has 1 N–H and O–H groups in total. The predicted molar refractivity (Wildman–Crippen MR) is 90.0 cm³/mol. The van der Waals surface area contributed by atoms with Gasteiger partial charge in [-0.1, -0.05) is 29.8 Å². The van der Waals surface area contributed by atoms with Crippen molar-refractivity contribution < 1.29 is 13.2 Å². The highest BCUT2D eigenvalue weighted by Gasteiger charge is 2.34. The van der Waals surface area contributed by atoms with E-state index in [1.165, 1.54) is 10.5 Å². The average Bonchev–Trinajstić information content (AvgIpc) is 2.92. The Labute approximate surface area is 141 Å². The molecule has 0 bridgehead atoms. The third-order valence-electron chi connectivity index (χ3n) is 4.12. The molecule has 1 atom stereocenters. The zero-order valence-corrected chi connectivity index (χ0v) is 14.4. The van der Waals surface area contributed by atoms with Crippen molar-refractivity contribution in [2.24, 2.45) is 4.99 Å². The van der Waals surface area contributed by atoms with Crippen LogP contribution in [0.2, 0.25) is 0 Å². The summed E-state index contributed by atoms with van der Waals surface area (Å²) in [5.74, 6) is 0.703. The summed E-state index contributed by atoms with van der Waals surface area (Å²) in [5.41, 5.74) is 2.37. The van der Waals surface area contributed by atoms with Gasteiger partial charge in [-0.2, -0.15) is 13.2 Å². The van der Waals surface area contributed by atoms with E-state index in [2.05, 4.69) is 34.6 Å². The average molecular weight is 342 g/mol. The van der Waals surface area contributed by atoms with Gasteiger partial charge < -0.3 is 10.2 Å². The molecular formula is C17H25F3N4. The molecule has 0 radical (unpaired) electrons. The molecule has 0 aromatic heterocycles. The fourth-order valence-corrected chi connectivity index (χ4v) is 2.92. The molecule has 1 aromatic carbocycles. The van der Waals surface area contributed by atoms with E-state index in [0.29, 0.717) is 32.0 Å². The first kappa shape index (κ1) is 18.6. The molecule has 2 rings (SSSR count). The Morgan fingerprint density at radius 1 is 1.33 bits per heavy atom. The summed E-state index contributed by atoms with van der Waals surface area (Å²) in [6.45, 7) is 2.73. The summed E-state index contributed by atoms with van der Waals surface area (Å²) < 4.78 is 37.4. The van der Waals surface area contributed by atoms with E-state index < -0.39 is 12.7 Å². The van der Waals surface area contributed by atoms with Crippen molar-refractivity contribution in [1.82, 2.24) is 15.1 Å². The molecule has 1 fully saturated rings. The summed E-state index contributed by atoms with van der Waals surface area (Å²) in [7, 11) is 3.62. The second kappa shape index (κ2) is 7.88. The van der Waals surface area contributed by atoms with Gasteiger partial charge in [0.25, 0.3) is 0 Å². The van der Waals surface area contributed by atoms with E-state index in [1.54, 1.807) is 7.05 Å². The van der Waals surface area contributed by atoms with Crippen LogP contribution < -0.4 is 5.32 Å². The van der Waals surface area contributed by atoms with Crippen molar-refractivity contribution in [3.8, 4) is 0 Å². The van der Waals surface area contributed by atoms with Crippen molar-refractivity contribution in [3.63, 3.8) is 0 Å². The van der Waals surface area contributed by atoms with E-state index >= 15 is 0 Å². The first-order valence-corrected chi connectivity index (χ1v) is 8.06. The highest BCUT2D eigenvalue weighted by molar-refractivity contribution is 5.80. The number of benzene rings is 1. The number of aryl methyl sites for hydroxylation is 1. The number of nitrogens with zero attached hydrogens (tertiary/aromatic N) is 3. The molecule has 24 heavy (non-hydrogen) atoms. The van der Waals surface area contributed by atoms with Gasteiger partial charge in [0.1, 0.15) is 0 Å². The minimum atomic E-state index is -4.14. The second-order valence-corrected chi connectivity index (χ2v) is 6.37. The number of likely N-dealkylation sites (tertiary alicyclic amines) is 1. The molecular weight excluding hydrogens is 317 g/mol. The molecule has 1 aliphatic heterocycles. The lowest BCUT2D eigenvalue weighted by Gasteiger charge is -2.25. The number of hydrogen-bond acceptors (Lipinski definition) is 2. The standard InChI is InChI=1S/C17H25F3N4/c1-13-4-6-14(7-5-13)10-23(3)16(21-2)22-15-8-9-24(11-15)12-17(18,19)20/h4-7,15H,8-12H2,1-3H3,(H,21,22). The third kappa shape index (κ3) is 5.70. The molecule has 1 aliphatic rings. The largest absolute Gasteiger partial charge is 0.401 e. The number of guanidine groups is 1. The number of halogens is 3. The van der Waals surface area contributed by atoms with Gasteiger partial charge >= 0.3 is 6.18 Å². The van der Waals surface area contributed by atoms with E-state index in [0.717, 1.165) is 5.56 Å². The maximum Gasteiger partial charge on any atom is 0.401 e. The van der Waals surface area contributed by atoms with Crippen molar-refractivity contribution in [2.75, 3.05) is 33.7 Å². The van der Waals surface area contributed by atoms with Crippen LogP contribution in [0.15, 0.2) is 29.3 Å². The smallest absolute Gasteiger partial charge is 0.352 e. The fourth-order valence-electron chi connectivity index (χ4n) is 2.92. The van der Waals surface area contributed by atoms with Gasteiger partial charge in [-0.15, -0.1) is 0 Å². The van der Waals surface area contributed by atoms with Crippen LogP contribution in [0.25, 0.3) is 0 Å². The zero-order valence-electron chi connectivity index (χ0n) is 14.4. The number of rotatable bonds is 4. The lowest BCUT2D eigenvalue weighted by Crippen LogP contribution is -2.45. The van der Waals surface area contributed by atoms with Gasteiger partial charge in [0, 0.05) is 39.8 Å². The molecule has 7 heteroatoms. The first-order valence-electron chi connectivity index (χ1n) is 8.06. The minimum Gasteiger partial charge on any atom is -0.352 e. The van der Waals surface area contributed by atoms with E-state index in [-0.39, 0.29) is 6.04 Å². The summed E-state index contributed by atoms with van der Waals surface area (Å²) in [4.78, 5) is 7.67. The van der Waals surface area contributed by atoms with Crippen molar-refractivity contribution >= 4 is 5.96 Å². The molecule has 0 amide bonds. The van der Waals surface area contributed by atoms with Crippen LogP contribution in [0.5, 0.6) is 0 Å². The van der Waals surface area contributed by atoms with Crippen LogP contribution in [0.1, 0.15) is 17.5 Å². The van der Waals surface area contributed by atoms with E-state index in [9.17, 15) is 13.2 Å². The molecule has 0 aliphatic carbocycles.